The number of nitrogens with zero attached hydrogens (tertiary/aromatic N) is 4. The van der Waals surface area contributed by atoms with Crippen LogP contribution in [0, 0.1) is 17.2 Å². The lowest BCUT2D eigenvalue weighted by Crippen LogP contribution is -2.21. The van der Waals surface area contributed by atoms with Gasteiger partial charge in [0, 0.05) is 23.2 Å². The lowest BCUT2D eigenvalue weighted by molar-refractivity contribution is 0.322. The van der Waals surface area contributed by atoms with Gasteiger partial charge in [0.2, 0.25) is 5.43 Å². The summed E-state index contributed by atoms with van der Waals surface area (Å²) in [7, 11) is 0. The summed E-state index contributed by atoms with van der Waals surface area (Å²) >= 11 is 0. The molecule has 1 saturated carbocycles. The number of aromatic amines is 1. The Morgan fingerprint density at radius 2 is 2.12 bits per heavy atom. The average Bonchev–Trinajstić information content (AvgIpc) is 3.37. The van der Waals surface area contributed by atoms with Gasteiger partial charge in [0.05, 0.1) is 30.1 Å². The highest BCUT2D eigenvalue weighted by Crippen LogP contribution is 2.38. The summed E-state index contributed by atoms with van der Waals surface area (Å²) in [6.45, 7) is 0. The SMILES string of the molecule is N#CC[C@H](C1CCCC1)n1ncc2c3cc[nH]c4ncc(c(=O)c21)c43. The number of aromatic nitrogens is 4. The van der Waals surface area contributed by atoms with Gasteiger partial charge in [-0.25, -0.2) is 4.98 Å². The highest BCUT2D eigenvalue weighted by molar-refractivity contribution is 6.19. The van der Waals surface area contributed by atoms with E-state index in [0.29, 0.717) is 23.2 Å². The molecule has 1 aliphatic carbocycles. The number of nitrogens with one attached hydrogen (secondary N) is 1. The lowest BCUT2D eigenvalue weighted by atomic mass is 9.95. The Kier molecular flexibility index (Phi) is 3.04. The molecule has 3 heterocycles. The molecule has 124 valence electrons. The van der Waals surface area contributed by atoms with Crippen LogP contribution in [0.15, 0.2) is 29.5 Å². The third kappa shape index (κ3) is 1.92. The van der Waals surface area contributed by atoms with Crippen LogP contribution >= 0.6 is 0 Å². The molecule has 0 bridgehead atoms. The van der Waals surface area contributed by atoms with Crippen molar-refractivity contribution in [3.05, 3.63) is 34.9 Å². The average molecular weight is 331 g/mol. The standard InChI is InChI=1S/C19H17N5O/c20-7-5-15(11-3-1-2-4-11)24-17-13(10-23-24)12-6-8-21-19-16(12)14(9-22-19)18(17)25/h6,8-11,15H,1-5H2,(H,21,22)/t15-/m1/s1. The second-order valence-corrected chi connectivity index (χ2v) is 6.94. The van der Waals surface area contributed by atoms with Gasteiger partial charge in [0.25, 0.3) is 0 Å². The van der Waals surface area contributed by atoms with Crippen LogP contribution in [0.5, 0.6) is 0 Å². The van der Waals surface area contributed by atoms with Crippen LogP contribution in [0.4, 0.5) is 0 Å². The minimum absolute atomic E-state index is 0.0320. The fourth-order valence-corrected chi connectivity index (χ4v) is 4.50. The number of fused-ring (bicyclic) bond motifs is 2. The normalized spacial score (nSPS) is 16.9. The molecule has 0 unspecified atom stereocenters. The molecule has 1 aromatic carbocycles. The first-order valence-electron chi connectivity index (χ1n) is 8.75. The van der Waals surface area contributed by atoms with E-state index in [1.165, 1.54) is 12.8 Å². The van der Waals surface area contributed by atoms with Gasteiger partial charge in [0.1, 0.15) is 11.2 Å². The summed E-state index contributed by atoms with van der Waals surface area (Å²) in [6, 6.07) is 4.24. The topological polar surface area (TPSA) is 87.4 Å². The van der Waals surface area contributed by atoms with Crippen molar-refractivity contribution in [1.29, 1.82) is 5.26 Å². The zero-order valence-electron chi connectivity index (χ0n) is 13.7. The quantitative estimate of drug-likeness (QED) is 0.622. The van der Waals surface area contributed by atoms with Gasteiger partial charge in [-0.3, -0.25) is 9.48 Å². The summed E-state index contributed by atoms with van der Waals surface area (Å²) in [5.41, 5.74) is 1.30. The largest absolute Gasteiger partial charge is 0.346 e. The molecule has 0 aliphatic heterocycles. The maximum absolute atomic E-state index is 13.2. The van der Waals surface area contributed by atoms with Crippen LogP contribution in [0.2, 0.25) is 0 Å². The molecule has 6 nitrogen and oxygen atoms in total. The van der Waals surface area contributed by atoms with Gasteiger partial charge in [0.15, 0.2) is 0 Å². The second-order valence-electron chi connectivity index (χ2n) is 6.94. The molecule has 1 N–H and O–H groups in total. The number of hydrogen-bond donors (Lipinski definition) is 1. The highest BCUT2D eigenvalue weighted by atomic mass is 16.1. The Bertz CT molecular complexity index is 1180. The van der Waals surface area contributed by atoms with E-state index >= 15 is 0 Å². The first kappa shape index (κ1) is 14.4. The van der Waals surface area contributed by atoms with Crippen molar-refractivity contribution in [2.45, 2.75) is 38.1 Å². The van der Waals surface area contributed by atoms with E-state index in [9.17, 15) is 10.1 Å². The molecule has 5 rings (SSSR count). The summed E-state index contributed by atoms with van der Waals surface area (Å²) in [5, 5.41) is 17.2. The van der Waals surface area contributed by atoms with Gasteiger partial charge < -0.3 is 4.98 Å². The monoisotopic (exact) mass is 331 g/mol. The zero-order chi connectivity index (χ0) is 17.0. The molecule has 25 heavy (non-hydrogen) atoms. The number of rotatable bonds is 3. The van der Waals surface area contributed by atoms with Crippen LogP contribution in [0.3, 0.4) is 0 Å². The Labute approximate surface area is 143 Å². The van der Waals surface area contributed by atoms with E-state index in [-0.39, 0.29) is 11.5 Å². The Balaban J connectivity index is 1.84. The fourth-order valence-electron chi connectivity index (χ4n) is 4.50. The molecular weight excluding hydrogens is 314 g/mol. The van der Waals surface area contributed by atoms with Crippen molar-refractivity contribution >= 4 is 32.7 Å². The first-order valence-corrected chi connectivity index (χ1v) is 8.75. The second kappa shape index (κ2) is 5.28. The number of hydrogen-bond acceptors (Lipinski definition) is 4. The molecule has 0 radical (unpaired) electrons. The molecule has 6 heteroatoms. The Hall–Kier alpha value is -2.94. The molecule has 1 aliphatic rings. The zero-order valence-corrected chi connectivity index (χ0v) is 13.7. The maximum atomic E-state index is 13.2. The summed E-state index contributed by atoms with van der Waals surface area (Å²) in [4.78, 5) is 20.6. The molecule has 1 atom stereocenters. The van der Waals surface area contributed by atoms with E-state index in [1.807, 2.05) is 16.9 Å². The van der Waals surface area contributed by atoms with Crippen molar-refractivity contribution in [2.75, 3.05) is 0 Å². The summed E-state index contributed by atoms with van der Waals surface area (Å²) in [6.07, 6.45) is 10.2. The molecular formula is C19H17N5O. The van der Waals surface area contributed by atoms with E-state index in [1.54, 1.807) is 12.4 Å². The number of nitriles is 1. The number of pyridine rings is 1. The molecule has 1 fully saturated rings. The molecule has 0 spiro atoms. The van der Waals surface area contributed by atoms with E-state index in [0.717, 1.165) is 34.6 Å². The van der Waals surface area contributed by atoms with Crippen molar-refractivity contribution in [2.24, 2.45) is 5.92 Å². The van der Waals surface area contributed by atoms with Gasteiger partial charge in [-0.05, 0) is 30.2 Å². The smallest absolute Gasteiger partial charge is 0.213 e. The predicted molar refractivity (Wildman–Crippen MR) is 95.6 cm³/mol. The van der Waals surface area contributed by atoms with Gasteiger partial charge in [-0.2, -0.15) is 10.4 Å². The van der Waals surface area contributed by atoms with E-state index in [2.05, 4.69) is 21.1 Å². The molecule has 0 saturated heterocycles. The van der Waals surface area contributed by atoms with Gasteiger partial charge in [-0.15, -0.1) is 0 Å². The van der Waals surface area contributed by atoms with Crippen LogP contribution in [0.25, 0.3) is 32.7 Å². The maximum Gasteiger partial charge on any atom is 0.213 e. The summed E-state index contributed by atoms with van der Waals surface area (Å²) in [5.74, 6) is 0.416. The third-order valence-corrected chi connectivity index (χ3v) is 5.67. The Morgan fingerprint density at radius 1 is 1.28 bits per heavy atom. The fraction of sp³-hybridized carbons (Fsp3) is 0.368. The molecule has 3 aromatic heterocycles. The van der Waals surface area contributed by atoms with Crippen molar-refractivity contribution in [3.63, 3.8) is 0 Å². The minimum atomic E-state index is -0.0389. The van der Waals surface area contributed by atoms with E-state index < -0.39 is 0 Å². The predicted octanol–water partition coefficient (Wildman–Crippen LogP) is 3.51. The highest BCUT2D eigenvalue weighted by Gasteiger charge is 2.29. The van der Waals surface area contributed by atoms with Crippen molar-refractivity contribution in [1.82, 2.24) is 19.7 Å². The summed E-state index contributed by atoms with van der Waals surface area (Å²) < 4.78 is 1.83. The Morgan fingerprint density at radius 3 is 2.92 bits per heavy atom. The molecule has 4 aromatic rings. The van der Waals surface area contributed by atoms with Crippen molar-refractivity contribution < 1.29 is 0 Å². The van der Waals surface area contributed by atoms with Crippen molar-refractivity contribution in [3.8, 4) is 6.07 Å². The van der Waals surface area contributed by atoms with Crippen LogP contribution in [-0.2, 0) is 0 Å². The number of benzene rings is 1. The third-order valence-electron chi connectivity index (χ3n) is 5.67. The van der Waals surface area contributed by atoms with Gasteiger partial charge in [-0.1, -0.05) is 12.8 Å². The van der Waals surface area contributed by atoms with Gasteiger partial charge >= 0.3 is 0 Å². The van der Waals surface area contributed by atoms with E-state index in [4.69, 9.17) is 0 Å². The first-order chi connectivity index (χ1) is 12.3. The van der Waals surface area contributed by atoms with Crippen LogP contribution in [0.1, 0.15) is 38.1 Å². The number of H-pyrrole nitrogens is 1. The molecule has 0 amide bonds. The lowest BCUT2D eigenvalue weighted by Gasteiger charge is -2.22. The minimum Gasteiger partial charge on any atom is -0.346 e. The van der Waals surface area contributed by atoms with Crippen LogP contribution in [-0.4, -0.2) is 19.7 Å². The van der Waals surface area contributed by atoms with Crippen LogP contribution < -0.4 is 5.43 Å².